The van der Waals surface area contributed by atoms with Gasteiger partial charge in [-0.3, -0.25) is 4.79 Å². The minimum atomic E-state index is 0.200. The quantitative estimate of drug-likeness (QED) is 0.719. The van der Waals surface area contributed by atoms with E-state index in [0.717, 1.165) is 47.4 Å². The summed E-state index contributed by atoms with van der Waals surface area (Å²) in [4.78, 5) is 17.7. The van der Waals surface area contributed by atoms with Gasteiger partial charge in [-0.25, -0.2) is 0 Å². The number of aryl methyl sites for hydroxylation is 1. The first kappa shape index (κ1) is 15.9. The lowest BCUT2D eigenvalue weighted by atomic mass is 9.99. The zero-order chi connectivity index (χ0) is 17.4. The first-order valence-electron chi connectivity index (χ1n) is 8.75. The Kier molecular flexibility index (Phi) is 4.06. The molecule has 2 N–H and O–H groups in total. The maximum absolute atomic E-state index is 13.0. The zero-order valence-electron chi connectivity index (χ0n) is 14.7. The lowest BCUT2D eigenvalue weighted by Gasteiger charge is -2.25. The molecule has 0 saturated heterocycles. The van der Waals surface area contributed by atoms with E-state index in [1.165, 1.54) is 16.0 Å². The number of hydrogen-bond donors (Lipinski definition) is 2. The van der Waals surface area contributed by atoms with Crippen molar-refractivity contribution in [2.75, 3.05) is 20.2 Å². The molecule has 2 aromatic carbocycles. The summed E-state index contributed by atoms with van der Waals surface area (Å²) in [6.07, 6.45) is 1.04. The van der Waals surface area contributed by atoms with Gasteiger partial charge in [-0.15, -0.1) is 0 Å². The number of aromatic amines is 1. The molecule has 4 nitrogen and oxygen atoms in total. The number of hydrogen-bond acceptors (Lipinski definition) is 2. The summed E-state index contributed by atoms with van der Waals surface area (Å²) in [6.45, 7) is 4.43. The molecule has 0 radical (unpaired) electrons. The molecule has 1 aromatic heterocycles. The third-order valence-electron chi connectivity index (χ3n) is 5.19. The monoisotopic (exact) mass is 335 g/mol. The topological polar surface area (TPSA) is 46.5 Å². The molecule has 0 amide bonds. The molecule has 1 aliphatic heterocycles. The predicted octanol–water partition coefficient (Wildman–Crippen LogP) is 2.31. The number of H-pyrrole nitrogens is 1. The highest BCUT2D eigenvalue weighted by Gasteiger charge is 2.24. The Bertz CT molecular complexity index is 942. The minimum Gasteiger partial charge on any atom is -0.497 e. The van der Waals surface area contributed by atoms with Crippen molar-refractivity contribution in [1.29, 1.82) is 0 Å². The molecule has 0 fully saturated rings. The average molecular weight is 335 g/mol. The highest BCUT2D eigenvalue weighted by molar-refractivity contribution is 6.10. The van der Waals surface area contributed by atoms with Gasteiger partial charge < -0.3 is 14.6 Å². The highest BCUT2D eigenvalue weighted by atomic mass is 16.5. The van der Waals surface area contributed by atoms with Gasteiger partial charge in [0.15, 0.2) is 0 Å². The first-order chi connectivity index (χ1) is 12.2. The van der Waals surface area contributed by atoms with Gasteiger partial charge >= 0.3 is 0 Å². The Labute approximate surface area is 147 Å². The van der Waals surface area contributed by atoms with Crippen LogP contribution in [-0.4, -0.2) is 31.0 Å². The summed E-state index contributed by atoms with van der Waals surface area (Å²) in [6, 6.07) is 14.4. The number of aromatic nitrogens is 1. The number of Topliss-reactive ketones (excluding diaryl/α,β-unsaturated/α-hetero) is 1. The minimum absolute atomic E-state index is 0.200. The van der Waals surface area contributed by atoms with Crippen LogP contribution in [0.1, 0.15) is 27.2 Å². The smallest absolute Gasteiger partial charge is 0.219 e. The Hall–Kier alpha value is -2.59. The van der Waals surface area contributed by atoms with Gasteiger partial charge in [0.25, 0.3) is 0 Å². The van der Waals surface area contributed by atoms with Gasteiger partial charge in [0, 0.05) is 28.6 Å². The van der Waals surface area contributed by atoms with Crippen molar-refractivity contribution in [3.8, 4) is 5.75 Å². The van der Waals surface area contributed by atoms with Crippen molar-refractivity contribution in [1.82, 2.24) is 4.98 Å². The Balaban J connectivity index is 1.59. The Morgan fingerprint density at radius 1 is 1.20 bits per heavy atom. The van der Waals surface area contributed by atoms with Gasteiger partial charge in [0.1, 0.15) is 18.8 Å². The number of carbonyl (C=O) groups is 1. The number of ether oxygens (including phenoxy) is 1. The summed E-state index contributed by atoms with van der Waals surface area (Å²) in [5, 5.41) is 0.957. The van der Waals surface area contributed by atoms with Gasteiger partial charge in [-0.05, 0) is 30.7 Å². The van der Waals surface area contributed by atoms with Crippen LogP contribution in [0.2, 0.25) is 0 Å². The SMILES string of the molecule is COc1ccc2[nH]c(C)c(C(=O)C[NH+]3CCc4ccccc4C3)c2c1. The summed E-state index contributed by atoms with van der Waals surface area (Å²) in [5.74, 6) is 0.978. The maximum atomic E-state index is 13.0. The second-order valence-corrected chi connectivity index (χ2v) is 6.83. The van der Waals surface area contributed by atoms with E-state index in [1.54, 1.807) is 7.11 Å². The molecule has 0 spiro atoms. The molecule has 1 atom stereocenters. The van der Waals surface area contributed by atoms with Crippen LogP contribution in [0, 0.1) is 6.92 Å². The van der Waals surface area contributed by atoms with E-state index in [4.69, 9.17) is 4.74 Å². The van der Waals surface area contributed by atoms with E-state index >= 15 is 0 Å². The fourth-order valence-electron chi connectivity index (χ4n) is 3.90. The van der Waals surface area contributed by atoms with Crippen molar-refractivity contribution in [3.05, 3.63) is 64.8 Å². The van der Waals surface area contributed by atoms with Crippen LogP contribution in [0.5, 0.6) is 5.75 Å². The van der Waals surface area contributed by atoms with Crippen molar-refractivity contribution >= 4 is 16.7 Å². The van der Waals surface area contributed by atoms with E-state index < -0.39 is 0 Å². The number of quaternary nitrogens is 1. The number of methoxy groups -OCH3 is 1. The molecule has 4 heteroatoms. The molecular weight excluding hydrogens is 312 g/mol. The Morgan fingerprint density at radius 2 is 2.00 bits per heavy atom. The normalized spacial score (nSPS) is 16.6. The fourth-order valence-corrected chi connectivity index (χ4v) is 3.90. The molecule has 3 aromatic rings. The standard InChI is InChI=1S/C21H22N2O2/c1-14-21(18-11-17(25-2)7-8-19(18)22-14)20(24)13-23-10-9-15-5-3-4-6-16(15)12-23/h3-8,11,22H,9-10,12-13H2,1-2H3/p+1. The van der Waals surface area contributed by atoms with E-state index in [9.17, 15) is 4.79 Å². The van der Waals surface area contributed by atoms with Crippen LogP contribution >= 0.6 is 0 Å². The molecular formula is C21H23N2O2+. The lowest BCUT2D eigenvalue weighted by molar-refractivity contribution is -0.907. The maximum Gasteiger partial charge on any atom is 0.219 e. The van der Waals surface area contributed by atoms with Gasteiger partial charge in [-0.1, -0.05) is 24.3 Å². The van der Waals surface area contributed by atoms with Crippen LogP contribution < -0.4 is 9.64 Å². The molecule has 0 aliphatic carbocycles. The highest BCUT2D eigenvalue weighted by Crippen LogP contribution is 2.26. The summed E-state index contributed by atoms with van der Waals surface area (Å²) in [7, 11) is 1.65. The third kappa shape index (κ3) is 2.94. The van der Waals surface area contributed by atoms with Gasteiger partial charge in [0.05, 0.1) is 19.2 Å². The van der Waals surface area contributed by atoms with Crippen LogP contribution in [-0.2, 0) is 13.0 Å². The number of nitrogens with one attached hydrogen (secondary N) is 2. The van der Waals surface area contributed by atoms with Crippen molar-refractivity contribution in [2.45, 2.75) is 19.9 Å². The third-order valence-corrected chi connectivity index (χ3v) is 5.19. The predicted molar refractivity (Wildman–Crippen MR) is 98.5 cm³/mol. The summed E-state index contributed by atoms with van der Waals surface area (Å²) >= 11 is 0. The number of rotatable bonds is 4. The zero-order valence-corrected chi connectivity index (χ0v) is 14.7. The largest absolute Gasteiger partial charge is 0.497 e. The van der Waals surface area contributed by atoms with Gasteiger partial charge in [0.2, 0.25) is 5.78 Å². The van der Waals surface area contributed by atoms with E-state index in [1.807, 2.05) is 25.1 Å². The fraction of sp³-hybridized carbons (Fsp3) is 0.286. The Morgan fingerprint density at radius 3 is 2.80 bits per heavy atom. The first-order valence-corrected chi connectivity index (χ1v) is 8.75. The number of ketones is 1. The van der Waals surface area contributed by atoms with E-state index in [2.05, 4.69) is 29.2 Å². The average Bonchev–Trinajstić information content (AvgIpc) is 2.96. The van der Waals surface area contributed by atoms with E-state index in [0.29, 0.717) is 6.54 Å². The molecule has 128 valence electrons. The second-order valence-electron chi connectivity index (χ2n) is 6.83. The second kappa shape index (κ2) is 6.37. The molecule has 4 rings (SSSR count). The van der Waals surface area contributed by atoms with E-state index in [-0.39, 0.29) is 5.78 Å². The number of carbonyl (C=O) groups excluding carboxylic acids is 1. The van der Waals surface area contributed by atoms with Crippen LogP contribution in [0.4, 0.5) is 0 Å². The molecule has 2 heterocycles. The molecule has 1 aliphatic rings. The van der Waals surface area contributed by atoms with Crippen LogP contribution in [0.15, 0.2) is 42.5 Å². The van der Waals surface area contributed by atoms with Crippen LogP contribution in [0.3, 0.4) is 0 Å². The summed E-state index contributed by atoms with van der Waals surface area (Å²) in [5.41, 5.74) is 5.52. The van der Waals surface area contributed by atoms with Crippen LogP contribution in [0.25, 0.3) is 10.9 Å². The molecule has 0 saturated carbocycles. The van der Waals surface area contributed by atoms with Crippen molar-refractivity contribution in [3.63, 3.8) is 0 Å². The molecule has 0 bridgehead atoms. The van der Waals surface area contributed by atoms with Crippen molar-refractivity contribution < 1.29 is 14.4 Å². The number of benzene rings is 2. The van der Waals surface area contributed by atoms with Gasteiger partial charge in [-0.2, -0.15) is 0 Å². The molecule has 1 unspecified atom stereocenters. The summed E-state index contributed by atoms with van der Waals surface area (Å²) < 4.78 is 5.32. The molecule has 25 heavy (non-hydrogen) atoms. The number of fused-ring (bicyclic) bond motifs is 2. The lowest BCUT2D eigenvalue weighted by Crippen LogP contribution is -3.12. The van der Waals surface area contributed by atoms with Crippen molar-refractivity contribution in [2.24, 2.45) is 0 Å².